The highest BCUT2D eigenvalue weighted by atomic mass is 19.4. The van der Waals surface area contributed by atoms with Crippen LogP contribution in [-0.4, -0.2) is 46.8 Å². The normalized spacial score (nSPS) is 11.4. The van der Waals surface area contributed by atoms with Gasteiger partial charge in [-0.3, -0.25) is 9.78 Å². The third-order valence-corrected chi connectivity index (χ3v) is 2.27. The van der Waals surface area contributed by atoms with E-state index in [0.29, 0.717) is 16.3 Å². The molecule has 0 saturated carbocycles. The minimum absolute atomic E-state index is 0.268. The molecule has 0 unspecified atom stereocenters. The molecule has 0 fully saturated rings. The molecule has 0 aromatic carbocycles. The molecule has 0 aliphatic rings. The van der Waals surface area contributed by atoms with Crippen LogP contribution in [0.4, 0.5) is 18.9 Å². The van der Waals surface area contributed by atoms with E-state index >= 15 is 0 Å². The first-order valence-electron chi connectivity index (χ1n) is 5.47. The maximum atomic E-state index is 12.3. The van der Waals surface area contributed by atoms with Crippen LogP contribution in [0.15, 0.2) is 18.3 Å². The molecule has 3 N–H and O–H groups in total. The third-order valence-electron chi connectivity index (χ3n) is 2.27. The van der Waals surface area contributed by atoms with E-state index in [1.807, 2.05) is 0 Å². The van der Waals surface area contributed by atoms with Gasteiger partial charge in [-0.2, -0.15) is 13.2 Å². The molecule has 0 aliphatic carbocycles. The van der Waals surface area contributed by atoms with Gasteiger partial charge in [0.05, 0.1) is 24.9 Å². The van der Waals surface area contributed by atoms with Crippen molar-refractivity contribution in [3.05, 3.63) is 24.0 Å². The molecule has 106 valence electrons. The molecule has 0 bridgehead atoms. The zero-order valence-electron chi connectivity index (χ0n) is 10.0. The number of nitrogen functional groups attached to an aromatic ring is 1. The smallest absolute Gasteiger partial charge is 0.397 e. The number of nitrogens with zero attached hydrogens (tertiary/aromatic N) is 2. The molecule has 0 spiro atoms. The molecular formula is C11H14F3N3O2. The number of aliphatic hydroxyl groups is 1. The number of pyridine rings is 1. The van der Waals surface area contributed by atoms with Crippen molar-refractivity contribution in [3.63, 3.8) is 0 Å². The zero-order valence-corrected chi connectivity index (χ0v) is 10.0. The second-order valence-corrected chi connectivity index (χ2v) is 3.91. The minimum Gasteiger partial charge on any atom is -0.397 e. The number of aliphatic hydroxyl groups excluding tert-OH is 1. The van der Waals surface area contributed by atoms with Crippen molar-refractivity contribution in [2.45, 2.75) is 12.6 Å². The number of carbonyl (C=O) groups is 1. The molecule has 5 nitrogen and oxygen atoms in total. The number of carbonyl (C=O) groups excluding carboxylic acids is 1. The van der Waals surface area contributed by atoms with Crippen molar-refractivity contribution in [1.82, 2.24) is 9.88 Å². The van der Waals surface area contributed by atoms with E-state index in [1.165, 1.54) is 18.3 Å². The van der Waals surface area contributed by atoms with Crippen LogP contribution in [0.1, 0.15) is 5.69 Å². The highest BCUT2D eigenvalue weighted by Gasteiger charge is 2.32. The van der Waals surface area contributed by atoms with E-state index in [0.717, 1.165) is 0 Å². The fourth-order valence-electron chi connectivity index (χ4n) is 1.44. The molecule has 0 aliphatic heterocycles. The van der Waals surface area contributed by atoms with E-state index in [9.17, 15) is 18.0 Å². The summed E-state index contributed by atoms with van der Waals surface area (Å²) in [7, 11) is 0. The summed E-state index contributed by atoms with van der Waals surface area (Å²) in [4.78, 5) is 16.1. The fraction of sp³-hybridized carbons (Fsp3) is 0.455. The number of halogens is 3. The SMILES string of the molecule is Nc1ccc(CC(=O)N(CCO)CC(F)(F)F)nc1. The van der Waals surface area contributed by atoms with Crippen molar-refractivity contribution in [1.29, 1.82) is 0 Å². The number of aromatic nitrogens is 1. The van der Waals surface area contributed by atoms with Gasteiger partial charge in [-0.25, -0.2) is 0 Å². The van der Waals surface area contributed by atoms with Gasteiger partial charge in [0.15, 0.2) is 0 Å². The van der Waals surface area contributed by atoms with Gasteiger partial charge in [0, 0.05) is 12.2 Å². The van der Waals surface area contributed by atoms with E-state index in [-0.39, 0.29) is 13.0 Å². The van der Waals surface area contributed by atoms with Crippen LogP contribution in [0.25, 0.3) is 0 Å². The molecule has 0 saturated heterocycles. The summed E-state index contributed by atoms with van der Waals surface area (Å²) >= 11 is 0. The monoisotopic (exact) mass is 277 g/mol. The Balaban J connectivity index is 2.68. The quantitative estimate of drug-likeness (QED) is 0.825. The van der Waals surface area contributed by atoms with Gasteiger partial charge in [-0.15, -0.1) is 0 Å². The summed E-state index contributed by atoms with van der Waals surface area (Å²) in [5, 5.41) is 8.69. The van der Waals surface area contributed by atoms with Crippen molar-refractivity contribution in [3.8, 4) is 0 Å². The second kappa shape index (κ2) is 6.37. The standard InChI is InChI=1S/C11H14F3N3O2/c12-11(13,14)7-17(3-4-18)10(19)5-9-2-1-8(15)6-16-9/h1-2,6,18H,3-5,7,15H2. The number of rotatable bonds is 5. The van der Waals surface area contributed by atoms with Crippen LogP contribution in [-0.2, 0) is 11.2 Å². The maximum Gasteiger partial charge on any atom is 0.406 e. The molecule has 1 rings (SSSR count). The summed E-state index contributed by atoms with van der Waals surface area (Å²) in [5.41, 5.74) is 6.13. The Labute approximate surface area is 107 Å². The van der Waals surface area contributed by atoms with Crippen LogP contribution in [0, 0.1) is 0 Å². The maximum absolute atomic E-state index is 12.3. The number of amides is 1. The predicted molar refractivity (Wildman–Crippen MR) is 62.1 cm³/mol. The Bertz CT molecular complexity index is 420. The second-order valence-electron chi connectivity index (χ2n) is 3.91. The number of hydrogen-bond acceptors (Lipinski definition) is 4. The molecule has 0 atom stereocenters. The van der Waals surface area contributed by atoms with Crippen LogP contribution in [0.2, 0.25) is 0 Å². The average molecular weight is 277 g/mol. The lowest BCUT2D eigenvalue weighted by Gasteiger charge is -2.22. The van der Waals surface area contributed by atoms with E-state index in [4.69, 9.17) is 10.8 Å². The van der Waals surface area contributed by atoms with Gasteiger partial charge in [-0.05, 0) is 12.1 Å². The first-order valence-corrected chi connectivity index (χ1v) is 5.47. The number of anilines is 1. The van der Waals surface area contributed by atoms with Crippen molar-refractivity contribution in [2.75, 3.05) is 25.4 Å². The number of nitrogens with two attached hydrogens (primary N) is 1. The first-order chi connectivity index (χ1) is 8.81. The van der Waals surface area contributed by atoms with Gasteiger partial charge in [0.1, 0.15) is 6.54 Å². The first kappa shape index (κ1) is 15.2. The topological polar surface area (TPSA) is 79.5 Å². The highest BCUT2D eigenvalue weighted by Crippen LogP contribution is 2.17. The van der Waals surface area contributed by atoms with E-state index in [1.54, 1.807) is 0 Å². The summed E-state index contributed by atoms with van der Waals surface area (Å²) in [6.45, 7) is -2.29. The lowest BCUT2D eigenvalue weighted by molar-refractivity contribution is -0.161. The molecule has 0 radical (unpaired) electrons. The van der Waals surface area contributed by atoms with Crippen molar-refractivity contribution >= 4 is 11.6 Å². The van der Waals surface area contributed by atoms with Crippen LogP contribution in [0.5, 0.6) is 0 Å². The lowest BCUT2D eigenvalue weighted by atomic mass is 10.2. The highest BCUT2D eigenvalue weighted by molar-refractivity contribution is 5.78. The average Bonchev–Trinajstić information content (AvgIpc) is 2.30. The summed E-state index contributed by atoms with van der Waals surface area (Å²) in [6, 6.07) is 2.98. The largest absolute Gasteiger partial charge is 0.406 e. The molecule has 1 aromatic heterocycles. The Hall–Kier alpha value is -1.83. The van der Waals surface area contributed by atoms with Gasteiger partial charge >= 0.3 is 6.18 Å². The Kier molecular flexibility index (Phi) is 5.11. The lowest BCUT2D eigenvalue weighted by Crippen LogP contribution is -2.41. The van der Waals surface area contributed by atoms with Crippen molar-refractivity contribution in [2.24, 2.45) is 0 Å². The van der Waals surface area contributed by atoms with Gasteiger partial charge < -0.3 is 15.7 Å². The number of alkyl halides is 3. The molecule has 19 heavy (non-hydrogen) atoms. The molecule has 1 aromatic rings. The predicted octanol–water partition coefficient (Wildman–Crippen LogP) is 0.590. The third kappa shape index (κ3) is 5.56. The van der Waals surface area contributed by atoms with Gasteiger partial charge in [-0.1, -0.05) is 0 Å². The van der Waals surface area contributed by atoms with Crippen molar-refractivity contribution < 1.29 is 23.1 Å². The summed E-state index contributed by atoms with van der Waals surface area (Å²) in [5.74, 6) is -0.747. The van der Waals surface area contributed by atoms with Crippen LogP contribution in [0.3, 0.4) is 0 Å². The Morgan fingerprint density at radius 2 is 2.11 bits per heavy atom. The van der Waals surface area contributed by atoms with E-state index < -0.39 is 25.2 Å². The number of hydrogen-bond donors (Lipinski definition) is 2. The van der Waals surface area contributed by atoms with Gasteiger partial charge in [0.25, 0.3) is 0 Å². The van der Waals surface area contributed by atoms with Crippen LogP contribution < -0.4 is 5.73 Å². The van der Waals surface area contributed by atoms with Gasteiger partial charge in [0.2, 0.25) is 5.91 Å². The molecular weight excluding hydrogens is 263 g/mol. The zero-order chi connectivity index (χ0) is 14.5. The van der Waals surface area contributed by atoms with E-state index in [2.05, 4.69) is 4.98 Å². The fourth-order valence-corrected chi connectivity index (χ4v) is 1.44. The summed E-state index contributed by atoms with van der Waals surface area (Å²) in [6.07, 6.45) is -3.45. The minimum atomic E-state index is -4.50. The molecule has 1 amide bonds. The Morgan fingerprint density at radius 1 is 1.42 bits per heavy atom. The van der Waals surface area contributed by atoms with Crippen LogP contribution >= 0.6 is 0 Å². The molecule has 8 heteroatoms. The Morgan fingerprint density at radius 3 is 2.58 bits per heavy atom. The summed E-state index contributed by atoms with van der Waals surface area (Å²) < 4.78 is 36.8. The molecule has 1 heterocycles.